The second-order valence-corrected chi connectivity index (χ2v) is 9.34. The van der Waals surface area contributed by atoms with Crippen LogP contribution in [0.2, 0.25) is 0 Å². The Hall–Kier alpha value is -2.80. The predicted octanol–water partition coefficient (Wildman–Crippen LogP) is 4.97. The highest BCUT2D eigenvalue weighted by Gasteiger charge is 2.20. The normalized spacial score (nSPS) is 15.9. The Morgan fingerprint density at radius 1 is 0.771 bits per heavy atom. The number of rotatable bonds is 11. The van der Waals surface area contributed by atoms with E-state index in [1.165, 1.54) is 24.3 Å². The van der Waals surface area contributed by atoms with Gasteiger partial charge in [-0.15, -0.1) is 0 Å². The highest BCUT2D eigenvalue weighted by atomic mass is 19.1. The molecule has 0 aromatic heterocycles. The molecule has 0 bridgehead atoms. The van der Waals surface area contributed by atoms with Gasteiger partial charge < -0.3 is 15.3 Å². The van der Waals surface area contributed by atoms with E-state index >= 15 is 0 Å². The van der Waals surface area contributed by atoms with Crippen LogP contribution in [-0.4, -0.2) is 66.8 Å². The minimum Gasteiger partial charge on any atom is -0.390 e. The first-order valence-electron chi connectivity index (χ1n) is 12.5. The smallest absolute Gasteiger partial charge is 0.123 e. The number of aliphatic hydroxyl groups excluding tert-OH is 1. The number of halogens is 2. The van der Waals surface area contributed by atoms with Crippen LogP contribution < -0.4 is 5.32 Å². The zero-order chi connectivity index (χ0) is 24.5. The van der Waals surface area contributed by atoms with Crippen molar-refractivity contribution in [2.24, 2.45) is 0 Å². The summed E-state index contributed by atoms with van der Waals surface area (Å²) in [5.41, 5.74) is 3.14. The Labute approximate surface area is 207 Å². The lowest BCUT2D eigenvalue weighted by Crippen LogP contribution is -2.49. The summed E-state index contributed by atoms with van der Waals surface area (Å²) in [6.45, 7) is 6.06. The fraction of sp³-hybridized carbons (Fsp3) is 0.379. The Kier molecular flexibility index (Phi) is 9.23. The van der Waals surface area contributed by atoms with Gasteiger partial charge in [0.15, 0.2) is 0 Å². The van der Waals surface area contributed by atoms with Gasteiger partial charge in [0, 0.05) is 50.9 Å². The Morgan fingerprint density at radius 3 is 1.89 bits per heavy atom. The molecule has 1 fully saturated rings. The van der Waals surface area contributed by atoms with Gasteiger partial charge in [0.2, 0.25) is 0 Å². The monoisotopic (exact) mass is 481 g/mol. The SMILES string of the molecule is OC(CNc1ccccc1)CN1CCN(CCC[14CH](c2ccc(F)cc2)c2ccc(F)cc2)CC1. The van der Waals surface area contributed by atoms with E-state index in [1.54, 1.807) is 0 Å². The number of benzene rings is 3. The van der Waals surface area contributed by atoms with E-state index in [9.17, 15) is 13.9 Å². The summed E-state index contributed by atoms with van der Waals surface area (Å²) in [5, 5.41) is 13.7. The molecule has 186 valence electrons. The molecule has 4 nitrogen and oxygen atoms in total. The third-order valence-corrected chi connectivity index (χ3v) is 6.76. The van der Waals surface area contributed by atoms with Gasteiger partial charge in [-0.1, -0.05) is 42.5 Å². The van der Waals surface area contributed by atoms with Crippen molar-refractivity contribution in [3.05, 3.63) is 102 Å². The third kappa shape index (κ3) is 7.85. The average Bonchev–Trinajstić information content (AvgIpc) is 2.88. The first-order chi connectivity index (χ1) is 17.1. The van der Waals surface area contributed by atoms with Gasteiger partial charge in [-0.2, -0.15) is 0 Å². The minimum absolute atomic E-state index is 0.116. The van der Waals surface area contributed by atoms with Crippen molar-refractivity contribution in [3.8, 4) is 0 Å². The van der Waals surface area contributed by atoms with Crippen molar-refractivity contribution in [2.75, 3.05) is 51.1 Å². The first-order valence-corrected chi connectivity index (χ1v) is 12.5. The molecular formula is C29H35F2N3O. The molecule has 0 radical (unpaired) electrons. The van der Waals surface area contributed by atoms with Crippen LogP contribution in [-0.2, 0) is 0 Å². The molecule has 1 atom stereocenters. The van der Waals surface area contributed by atoms with Crippen molar-refractivity contribution < 1.29 is 13.9 Å². The van der Waals surface area contributed by atoms with E-state index in [2.05, 4.69) is 15.1 Å². The third-order valence-electron chi connectivity index (χ3n) is 6.76. The number of para-hydroxylation sites is 1. The molecule has 0 aliphatic carbocycles. The fourth-order valence-electron chi connectivity index (χ4n) is 4.78. The lowest BCUT2D eigenvalue weighted by atomic mass is 10.2. The molecule has 0 amide bonds. The largest absolute Gasteiger partial charge is 0.390 e. The molecule has 1 saturated heterocycles. The van der Waals surface area contributed by atoms with Gasteiger partial charge in [-0.05, 0) is 66.9 Å². The van der Waals surface area contributed by atoms with E-state index in [0.717, 1.165) is 62.4 Å². The first kappa shape index (κ1) is 25.3. The number of nitrogens with one attached hydrogen (secondary N) is 1. The Balaban J connectivity index is 1.21. The van der Waals surface area contributed by atoms with Gasteiger partial charge in [0.05, 0.1) is 6.10 Å². The standard InChI is InChI=1S/C29H35F2N3O/c30-25-12-8-23(9-13-25)29(24-10-14-26(31)15-11-24)7-4-16-33-17-19-34(20-18-33)22-28(35)21-32-27-5-2-1-3-6-27/h1-3,5-6,8-15,28-29,32,35H,4,7,16-22H2/i29+2. The topological polar surface area (TPSA) is 38.7 Å². The molecule has 0 spiro atoms. The number of nitrogens with zero attached hydrogens (tertiary/aromatic N) is 2. The van der Waals surface area contributed by atoms with Crippen molar-refractivity contribution in [3.63, 3.8) is 0 Å². The van der Waals surface area contributed by atoms with Crippen molar-refractivity contribution in [1.29, 1.82) is 0 Å². The molecule has 2 N–H and O–H groups in total. The number of hydrogen-bond acceptors (Lipinski definition) is 4. The van der Waals surface area contributed by atoms with E-state index in [0.29, 0.717) is 13.1 Å². The highest BCUT2D eigenvalue weighted by Crippen LogP contribution is 2.30. The summed E-state index contributed by atoms with van der Waals surface area (Å²) >= 11 is 0. The molecule has 4 rings (SSSR count). The fourth-order valence-corrected chi connectivity index (χ4v) is 4.78. The maximum absolute atomic E-state index is 13.5. The summed E-state index contributed by atoms with van der Waals surface area (Å²) in [7, 11) is 0. The maximum atomic E-state index is 13.5. The number of piperazine rings is 1. The molecule has 6 heteroatoms. The van der Waals surface area contributed by atoms with Crippen molar-refractivity contribution in [1.82, 2.24) is 9.80 Å². The summed E-state index contributed by atoms with van der Waals surface area (Å²) < 4.78 is 26.9. The number of aliphatic hydroxyl groups is 1. The van der Waals surface area contributed by atoms with Crippen LogP contribution in [0.15, 0.2) is 78.9 Å². The zero-order valence-corrected chi connectivity index (χ0v) is 20.1. The predicted molar refractivity (Wildman–Crippen MR) is 138 cm³/mol. The number of β-amino-alcohol motifs (C(OH)–C–C–N with tert-alkyl or cyclic N) is 1. The Bertz CT molecular complexity index is 961. The molecule has 1 aliphatic heterocycles. The van der Waals surface area contributed by atoms with Gasteiger partial charge in [-0.25, -0.2) is 8.78 Å². The van der Waals surface area contributed by atoms with Crippen molar-refractivity contribution in [2.45, 2.75) is 24.9 Å². The minimum atomic E-state index is -0.408. The van der Waals surface area contributed by atoms with Gasteiger partial charge in [0.25, 0.3) is 0 Å². The van der Waals surface area contributed by atoms with Gasteiger partial charge >= 0.3 is 0 Å². The van der Waals surface area contributed by atoms with Crippen LogP contribution >= 0.6 is 0 Å². The van der Waals surface area contributed by atoms with Crippen LogP contribution in [0.25, 0.3) is 0 Å². The summed E-state index contributed by atoms with van der Waals surface area (Å²) in [5.74, 6) is -0.374. The number of anilines is 1. The number of hydrogen-bond donors (Lipinski definition) is 2. The molecule has 0 saturated carbocycles. The quantitative estimate of drug-likeness (QED) is 0.406. The summed E-state index contributed by atoms with van der Waals surface area (Å²) in [6, 6.07) is 23.3. The summed E-state index contributed by atoms with van der Waals surface area (Å²) in [6.07, 6.45) is 1.51. The van der Waals surface area contributed by atoms with Gasteiger partial charge in [0.1, 0.15) is 11.6 Å². The van der Waals surface area contributed by atoms with Crippen molar-refractivity contribution >= 4 is 5.69 Å². The van der Waals surface area contributed by atoms with E-state index in [1.807, 2.05) is 54.6 Å². The second-order valence-electron chi connectivity index (χ2n) is 9.34. The van der Waals surface area contributed by atoms with Crippen LogP contribution in [0.5, 0.6) is 0 Å². The van der Waals surface area contributed by atoms with E-state index in [4.69, 9.17) is 0 Å². The molecule has 1 aliphatic rings. The van der Waals surface area contributed by atoms with Crippen LogP contribution in [0, 0.1) is 11.6 Å². The molecule has 1 heterocycles. The molecule has 3 aromatic carbocycles. The maximum Gasteiger partial charge on any atom is 0.123 e. The Morgan fingerprint density at radius 2 is 1.31 bits per heavy atom. The molecule has 1 unspecified atom stereocenters. The lowest BCUT2D eigenvalue weighted by Gasteiger charge is -2.36. The summed E-state index contributed by atoms with van der Waals surface area (Å²) in [4.78, 5) is 4.80. The average molecular weight is 482 g/mol. The molecule has 35 heavy (non-hydrogen) atoms. The van der Waals surface area contributed by atoms with Crippen LogP contribution in [0.1, 0.15) is 29.9 Å². The van der Waals surface area contributed by atoms with Crippen LogP contribution in [0.4, 0.5) is 14.5 Å². The van der Waals surface area contributed by atoms with Crippen LogP contribution in [0.3, 0.4) is 0 Å². The highest BCUT2D eigenvalue weighted by molar-refractivity contribution is 5.42. The van der Waals surface area contributed by atoms with E-state index in [-0.39, 0.29) is 17.6 Å². The molecule has 3 aromatic rings. The second kappa shape index (κ2) is 12.8. The molecular weight excluding hydrogens is 446 g/mol. The van der Waals surface area contributed by atoms with Gasteiger partial charge in [-0.3, -0.25) is 4.90 Å². The zero-order valence-electron chi connectivity index (χ0n) is 20.1. The van der Waals surface area contributed by atoms with E-state index < -0.39 is 6.10 Å². The lowest BCUT2D eigenvalue weighted by molar-refractivity contribution is 0.0776.